The first-order valence-corrected chi connectivity index (χ1v) is 3.22. The first kappa shape index (κ1) is 6.09. The molecule has 53 valence electrons. The van der Waals surface area contributed by atoms with E-state index in [9.17, 15) is 4.79 Å². The normalized spacial score (nSPS) is 10.2. The second kappa shape index (κ2) is 2.20. The number of rotatable bonds is 1. The maximum Gasteiger partial charge on any atom is 0.235 e. The van der Waals surface area contributed by atoms with Crippen molar-refractivity contribution in [1.82, 2.24) is 9.97 Å². The number of hydrogen-bond acceptors (Lipinski definition) is 2. The standard InChI is InChI=1S/C8H5N2O/c11-5-6-1-3-9-7-2-4-10-8(6)7/h1-4,10H. The van der Waals surface area contributed by atoms with E-state index in [1.165, 1.54) is 0 Å². The Kier molecular flexibility index (Phi) is 1.22. The summed E-state index contributed by atoms with van der Waals surface area (Å²) in [6.07, 6.45) is 5.18. The molecular formula is C8H5N2O. The number of H-pyrrole nitrogens is 1. The highest BCUT2D eigenvalue weighted by molar-refractivity contribution is 5.93. The Hall–Kier alpha value is -1.64. The van der Waals surface area contributed by atoms with Crippen LogP contribution in [0.5, 0.6) is 0 Å². The van der Waals surface area contributed by atoms with Crippen molar-refractivity contribution in [3.8, 4) is 0 Å². The summed E-state index contributed by atoms with van der Waals surface area (Å²) in [7, 11) is 0. The van der Waals surface area contributed by atoms with Crippen LogP contribution in [0.15, 0.2) is 24.5 Å². The first-order chi connectivity index (χ1) is 5.42. The molecule has 2 aromatic rings. The topological polar surface area (TPSA) is 45.8 Å². The molecule has 11 heavy (non-hydrogen) atoms. The molecule has 0 aromatic carbocycles. The Morgan fingerprint density at radius 1 is 1.45 bits per heavy atom. The molecule has 0 atom stereocenters. The highest BCUT2D eigenvalue weighted by atomic mass is 16.1. The minimum absolute atomic E-state index is 0.528. The predicted octanol–water partition coefficient (Wildman–Crippen LogP) is 1.02. The molecule has 1 N–H and O–H groups in total. The molecule has 3 nitrogen and oxygen atoms in total. The van der Waals surface area contributed by atoms with Gasteiger partial charge in [-0.15, -0.1) is 0 Å². The van der Waals surface area contributed by atoms with Gasteiger partial charge in [0.2, 0.25) is 6.29 Å². The van der Waals surface area contributed by atoms with E-state index in [1.54, 1.807) is 18.5 Å². The molecular weight excluding hydrogens is 140 g/mol. The number of pyridine rings is 1. The van der Waals surface area contributed by atoms with Gasteiger partial charge in [-0.3, -0.25) is 9.78 Å². The fourth-order valence-corrected chi connectivity index (χ4v) is 1.05. The van der Waals surface area contributed by atoms with Crippen molar-refractivity contribution in [3.05, 3.63) is 30.1 Å². The summed E-state index contributed by atoms with van der Waals surface area (Å²) < 4.78 is 0. The number of aromatic amines is 1. The summed E-state index contributed by atoms with van der Waals surface area (Å²) in [5.74, 6) is 0. The van der Waals surface area contributed by atoms with Crippen molar-refractivity contribution >= 4 is 17.3 Å². The molecule has 3 heteroatoms. The molecule has 0 amide bonds. The largest absolute Gasteiger partial charge is 0.359 e. The maximum absolute atomic E-state index is 10.3. The third-order valence-electron chi connectivity index (χ3n) is 1.56. The van der Waals surface area contributed by atoms with Crippen molar-refractivity contribution in [2.45, 2.75) is 0 Å². The Balaban J connectivity index is 2.88. The summed E-state index contributed by atoms with van der Waals surface area (Å²) in [6.45, 7) is 0. The average Bonchev–Trinajstić information content (AvgIpc) is 2.50. The maximum atomic E-state index is 10.3. The van der Waals surface area contributed by atoms with E-state index in [2.05, 4.69) is 9.97 Å². The highest BCUT2D eigenvalue weighted by Gasteiger charge is 2.00. The van der Waals surface area contributed by atoms with Crippen LogP contribution >= 0.6 is 0 Å². The fraction of sp³-hybridized carbons (Fsp3) is 0. The van der Waals surface area contributed by atoms with Crippen LogP contribution in [0.2, 0.25) is 0 Å². The predicted molar refractivity (Wildman–Crippen MR) is 40.9 cm³/mol. The van der Waals surface area contributed by atoms with Crippen molar-refractivity contribution < 1.29 is 4.79 Å². The molecule has 0 bridgehead atoms. The van der Waals surface area contributed by atoms with Crippen molar-refractivity contribution in [2.24, 2.45) is 0 Å². The van der Waals surface area contributed by atoms with Crippen LogP contribution < -0.4 is 0 Å². The molecule has 2 heterocycles. The van der Waals surface area contributed by atoms with Crippen molar-refractivity contribution in [1.29, 1.82) is 0 Å². The third-order valence-corrected chi connectivity index (χ3v) is 1.56. The number of fused-ring (bicyclic) bond motifs is 1. The van der Waals surface area contributed by atoms with E-state index in [0.717, 1.165) is 11.0 Å². The number of hydrogen-bond donors (Lipinski definition) is 1. The van der Waals surface area contributed by atoms with Gasteiger partial charge >= 0.3 is 0 Å². The van der Waals surface area contributed by atoms with Gasteiger partial charge in [-0.2, -0.15) is 0 Å². The zero-order valence-electron chi connectivity index (χ0n) is 5.66. The molecule has 0 spiro atoms. The second-order valence-electron chi connectivity index (χ2n) is 2.20. The lowest BCUT2D eigenvalue weighted by atomic mass is 10.2. The SMILES string of the molecule is O=[C]c1ccnc2cc[nH]c12. The minimum atomic E-state index is 0.528. The highest BCUT2D eigenvalue weighted by Crippen LogP contribution is 2.11. The number of nitrogens with one attached hydrogen (secondary N) is 1. The summed E-state index contributed by atoms with van der Waals surface area (Å²) >= 11 is 0. The van der Waals surface area contributed by atoms with Crippen LogP contribution in [0.3, 0.4) is 0 Å². The summed E-state index contributed by atoms with van der Waals surface area (Å²) in [5, 5.41) is 0. The van der Waals surface area contributed by atoms with Gasteiger partial charge in [0.25, 0.3) is 0 Å². The lowest BCUT2D eigenvalue weighted by Crippen LogP contribution is -1.83. The molecule has 0 aliphatic rings. The third kappa shape index (κ3) is 0.816. The Bertz CT molecular complexity index is 392. The van der Waals surface area contributed by atoms with Crippen LogP contribution in [-0.2, 0) is 4.79 Å². The van der Waals surface area contributed by atoms with Crippen LogP contribution in [0, 0.1) is 0 Å². The van der Waals surface area contributed by atoms with Gasteiger partial charge in [-0.05, 0) is 12.1 Å². The average molecular weight is 145 g/mol. The zero-order chi connectivity index (χ0) is 7.68. The molecule has 0 saturated carbocycles. The Morgan fingerprint density at radius 3 is 3.18 bits per heavy atom. The molecule has 2 aromatic heterocycles. The molecule has 1 radical (unpaired) electrons. The van der Waals surface area contributed by atoms with Crippen LogP contribution in [0.4, 0.5) is 0 Å². The van der Waals surface area contributed by atoms with Crippen LogP contribution in [-0.4, -0.2) is 16.3 Å². The molecule has 2 rings (SSSR count). The monoisotopic (exact) mass is 145 g/mol. The molecule has 0 aliphatic heterocycles. The van der Waals surface area contributed by atoms with Crippen molar-refractivity contribution in [2.75, 3.05) is 0 Å². The van der Waals surface area contributed by atoms with Crippen LogP contribution in [0.25, 0.3) is 11.0 Å². The van der Waals surface area contributed by atoms with Gasteiger partial charge in [0, 0.05) is 12.4 Å². The molecule has 0 saturated heterocycles. The number of carbonyl (C=O) groups excluding carboxylic acids is 1. The Morgan fingerprint density at radius 2 is 2.36 bits per heavy atom. The smallest absolute Gasteiger partial charge is 0.235 e. The van der Waals surface area contributed by atoms with E-state index in [-0.39, 0.29) is 0 Å². The van der Waals surface area contributed by atoms with Gasteiger partial charge in [0.05, 0.1) is 16.6 Å². The van der Waals surface area contributed by atoms with Gasteiger partial charge in [-0.25, -0.2) is 0 Å². The Labute approximate surface area is 63.1 Å². The second-order valence-corrected chi connectivity index (χ2v) is 2.20. The lowest BCUT2D eigenvalue weighted by Gasteiger charge is -1.89. The van der Waals surface area contributed by atoms with Crippen LogP contribution in [0.1, 0.15) is 5.56 Å². The molecule has 0 unspecified atom stereocenters. The van der Waals surface area contributed by atoms with E-state index in [1.807, 2.05) is 12.4 Å². The number of nitrogens with zero attached hydrogens (tertiary/aromatic N) is 1. The zero-order valence-corrected chi connectivity index (χ0v) is 5.66. The van der Waals surface area contributed by atoms with E-state index in [0.29, 0.717) is 5.56 Å². The first-order valence-electron chi connectivity index (χ1n) is 3.22. The number of aromatic nitrogens is 2. The van der Waals surface area contributed by atoms with E-state index in [4.69, 9.17) is 0 Å². The van der Waals surface area contributed by atoms with Crippen molar-refractivity contribution in [3.63, 3.8) is 0 Å². The summed E-state index contributed by atoms with van der Waals surface area (Å²) in [5.41, 5.74) is 2.08. The summed E-state index contributed by atoms with van der Waals surface area (Å²) in [6, 6.07) is 3.45. The fourth-order valence-electron chi connectivity index (χ4n) is 1.05. The summed E-state index contributed by atoms with van der Waals surface area (Å²) in [4.78, 5) is 17.3. The lowest BCUT2D eigenvalue weighted by molar-refractivity contribution is 0.563. The minimum Gasteiger partial charge on any atom is -0.359 e. The molecule has 0 aliphatic carbocycles. The van der Waals surface area contributed by atoms with Gasteiger partial charge in [-0.1, -0.05) is 0 Å². The van der Waals surface area contributed by atoms with Gasteiger partial charge in [0.15, 0.2) is 0 Å². The van der Waals surface area contributed by atoms with E-state index >= 15 is 0 Å². The quantitative estimate of drug-likeness (QED) is 0.651. The van der Waals surface area contributed by atoms with E-state index < -0.39 is 0 Å². The van der Waals surface area contributed by atoms with Gasteiger partial charge in [0.1, 0.15) is 0 Å². The van der Waals surface area contributed by atoms with Gasteiger partial charge < -0.3 is 4.98 Å². The molecule has 0 fully saturated rings.